The van der Waals surface area contributed by atoms with Gasteiger partial charge in [0.15, 0.2) is 0 Å². The predicted molar refractivity (Wildman–Crippen MR) is 41.1 cm³/mol. The first-order valence-corrected chi connectivity index (χ1v) is 3.31. The fourth-order valence-electron chi connectivity index (χ4n) is 0.611. The highest BCUT2D eigenvalue weighted by atomic mass is 15.1. The van der Waals surface area contributed by atoms with Crippen LogP contribution in [0.15, 0.2) is 11.9 Å². The Hall–Kier alpha value is -0.660. The standard InChI is InChI=1S/C7H16N2/c1-5-7(8-4)9-6(2)3/h5-6,8-9H,1-4H3/b7-5+. The third kappa shape index (κ3) is 3.88. The van der Waals surface area contributed by atoms with Crippen LogP contribution in [0.1, 0.15) is 20.8 Å². The van der Waals surface area contributed by atoms with Gasteiger partial charge in [-0.05, 0) is 26.8 Å². The Labute approximate surface area is 57.3 Å². The first-order valence-electron chi connectivity index (χ1n) is 3.31. The lowest BCUT2D eigenvalue weighted by molar-refractivity contribution is 0.631. The molecule has 0 atom stereocenters. The average Bonchev–Trinajstić information content (AvgIpc) is 1.82. The number of allylic oxidation sites excluding steroid dienone is 1. The Morgan fingerprint density at radius 1 is 1.44 bits per heavy atom. The molecule has 0 saturated carbocycles. The van der Waals surface area contributed by atoms with Crippen LogP contribution in [0.4, 0.5) is 0 Å². The minimum absolute atomic E-state index is 0.503. The Bertz CT molecular complexity index is 95.1. The van der Waals surface area contributed by atoms with E-state index in [2.05, 4.69) is 24.5 Å². The lowest BCUT2D eigenvalue weighted by Crippen LogP contribution is -2.28. The molecule has 0 heterocycles. The van der Waals surface area contributed by atoms with E-state index in [1.165, 1.54) is 0 Å². The van der Waals surface area contributed by atoms with E-state index in [-0.39, 0.29) is 0 Å². The summed E-state index contributed by atoms with van der Waals surface area (Å²) in [6.07, 6.45) is 2.01. The molecule has 2 N–H and O–H groups in total. The lowest BCUT2D eigenvalue weighted by Gasteiger charge is -2.12. The molecule has 0 fully saturated rings. The van der Waals surface area contributed by atoms with Gasteiger partial charge in [-0.15, -0.1) is 0 Å². The zero-order valence-corrected chi connectivity index (χ0v) is 6.65. The van der Waals surface area contributed by atoms with E-state index in [1.54, 1.807) is 0 Å². The van der Waals surface area contributed by atoms with Crippen molar-refractivity contribution in [1.29, 1.82) is 0 Å². The summed E-state index contributed by atoms with van der Waals surface area (Å²) in [5.74, 6) is 1.09. The molecule has 0 saturated heterocycles. The predicted octanol–water partition coefficient (Wildman–Crippen LogP) is 1.07. The molecule has 0 spiro atoms. The van der Waals surface area contributed by atoms with Crippen molar-refractivity contribution in [3.63, 3.8) is 0 Å². The third-order valence-electron chi connectivity index (χ3n) is 1.00. The van der Waals surface area contributed by atoms with Gasteiger partial charge in [0.1, 0.15) is 0 Å². The summed E-state index contributed by atoms with van der Waals surface area (Å²) in [5.41, 5.74) is 0. The highest BCUT2D eigenvalue weighted by Gasteiger charge is 1.91. The van der Waals surface area contributed by atoms with Crippen LogP contribution in [0.5, 0.6) is 0 Å². The Balaban J connectivity index is 3.58. The molecule has 0 aliphatic rings. The summed E-state index contributed by atoms with van der Waals surface area (Å²) < 4.78 is 0. The summed E-state index contributed by atoms with van der Waals surface area (Å²) in [5, 5.41) is 6.26. The van der Waals surface area contributed by atoms with Crippen LogP contribution in [0.3, 0.4) is 0 Å². The first kappa shape index (κ1) is 8.34. The van der Waals surface area contributed by atoms with Crippen molar-refractivity contribution in [3.05, 3.63) is 11.9 Å². The van der Waals surface area contributed by atoms with Crippen LogP contribution in [-0.4, -0.2) is 13.1 Å². The van der Waals surface area contributed by atoms with Gasteiger partial charge in [-0.1, -0.05) is 0 Å². The van der Waals surface area contributed by atoms with Gasteiger partial charge in [0.05, 0.1) is 5.82 Å². The van der Waals surface area contributed by atoms with Crippen molar-refractivity contribution >= 4 is 0 Å². The van der Waals surface area contributed by atoms with Gasteiger partial charge < -0.3 is 10.6 Å². The van der Waals surface area contributed by atoms with E-state index >= 15 is 0 Å². The van der Waals surface area contributed by atoms with Gasteiger partial charge >= 0.3 is 0 Å². The molecule has 0 aliphatic carbocycles. The molecule has 0 bridgehead atoms. The summed E-state index contributed by atoms with van der Waals surface area (Å²) in [6.45, 7) is 6.23. The van der Waals surface area contributed by atoms with Crippen LogP contribution in [-0.2, 0) is 0 Å². The summed E-state index contributed by atoms with van der Waals surface area (Å²) in [7, 11) is 1.91. The maximum absolute atomic E-state index is 3.23. The molecular weight excluding hydrogens is 112 g/mol. The highest BCUT2D eigenvalue weighted by molar-refractivity contribution is 4.94. The van der Waals surface area contributed by atoms with Crippen molar-refractivity contribution in [2.24, 2.45) is 0 Å². The second kappa shape index (κ2) is 4.24. The van der Waals surface area contributed by atoms with Gasteiger partial charge in [0, 0.05) is 13.1 Å². The van der Waals surface area contributed by atoms with Gasteiger partial charge in [0.2, 0.25) is 0 Å². The maximum Gasteiger partial charge on any atom is 0.0941 e. The van der Waals surface area contributed by atoms with Crippen molar-refractivity contribution in [3.8, 4) is 0 Å². The van der Waals surface area contributed by atoms with Crippen LogP contribution in [0.25, 0.3) is 0 Å². The Morgan fingerprint density at radius 2 is 2.00 bits per heavy atom. The van der Waals surface area contributed by atoms with Crippen molar-refractivity contribution < 1.29 is 0 Å². The maximum atomic E-state index is 3.23. The number of hydrogen-bond acceptors (Lipinski definition) is 2. The average molecular weight is 128 g/mol. The number of hydrogen-bond donors (Lipinski definition) is 2. The molecule has 0 aliphatic heterocycles. The zero-order valence-electron chi connectivity index (χ0n) is 6.65. The van der Waals surface area contributed by atoms with E-state index in [4.69, 9.17) is 0 Å². The number of nitrogens with one attached hydrogen (secondary N) is 2. The van der Waals surface area contributed by atoms with Gasteiger partial charge in [-0.3, -0.25) is 0 Å². The molecule has 0 aromatic rings. The third-order valence-corrected chi connectivity index (χ3v) is 1.00. The molecule has 0 rings (SSSR count). The Kier molecular flexibility index (Phi) is 3.93. The summed E-state index contributed by atoms with van der Waals surface area (Å²) in [4.78, 5) is 0. The van der Waals surface area contributed by atoms with E-state index < -0.39 is 0 Å². The van der Waals surface area contributed by atoms with E-state index in [0.29, 0.717) is 6.04 Å². The molecule has 54 valence electrons. The Morgan fingerprint density at radius 3 is 2.11 bits per heavy atom. The second-order valence-electron chi connectivity index (χ2n) is 2.25. The minimum atomic E-state index is 0.503. The van der Waals surface area contributed by atoms with Crippen LogP contribution < -0.4 is 10.6 Å². The highest BCUT2D eigenvalue weighted by Crippen LogP contribution is 1.84. The molecule has 0 radical (unpaired) electrons. The van der Waals surface area contributed by atoms with Crippen LogP contribution in [0.2, 0.25) is 0 Å². The quantitative estimate of drug-likeness (QED) is 0.594. The molecule has 2 heteroatoms. The number of rotatable bonds is 3. The zero-order chi connectivity index (χ0) is 7.28. The van der Waals surface area contributed by atoms with E-state index in [1.807, 2.05) is 20.0 Å². The smallest absolute Gasteiger partial charge is 0.0941 e. The molecule has 2 nitrogen and oxygen atoms in total. The van der Waals surface area contributed by atoms with Gasteiger partial charge in [0.25, 0.3) is 0 Å². The van der Waals surface area contributed by atoms with E-state index in [9.17, 15) is 0 Å². The fourth-order valence-corrected chi connectivity index (χ4v) is 0.611. The van der Waals surface area contributed by atoms with Crippen LogP contribution in [0, 0.1) is 0 Å². The molecule has 0 aromatic carbocycles. The molecule has 0 unspecified atom stereocenters. The molecule has 0 aromatic heterocycles. The van der Waals surface area contributed by atoms with Crippen molar-refractivity contribution in [1.82, 2.24) is 10.6 Å². The van der Waals surface area contributed by atoms with Crippen molar-refractivity contribution in [2.45, 2.75) is 26.8 Å². The van der Waals surface area contributed by atoms with Gasteiger partial charge in [-0.2, -0.15) is 0 Å². The topological polar surface area (TPSA) is 24.1 Å². The van der Waals surface area contributed by atoms with Crippen molar-refractivity contribution in [2.75, 3.05) is 7.05 Å². The first-order chi connectivity index (χ1) is 4.20. The molecule has 0 amide bonds. The monoisotopic (exact) mass is 128 g/mol. The summed E-state index contributed by atoms with van der Waals surface area (Å²) in [6, 6.07) is 0.503. The normalized spacial score (nSPS) is 11.9. The van der Waals surface area contributed by atoms with Gasteiger partial charge in [-0.25, -0.2) is 0 Å². The largest absolute Gasteiger partial charge is 0.375 e. The minimum Gasteiger partial charge on any atom is -0.375 e. The lowest BCUT2D eigenvalue weighted by atomic mass is 10.4. The van der Waals surface area contributed by atoms with Crippen LogP contribution >= 0.6 is 0 Å². The molecular formula is C7H16N2. The second-order valence-corrected chi connectivity index (χ2v) is 2.25. The molecule has 9 heavy (non-hydrogen) atoms. The van der Waals surface area contributed by atoms with E-state index in [0.717, 1.165) is 5.82 Å². The summed E-state index contributed by atoms with van der Waals surface area (Å²) >= 11 is 0. The fraction of sp³-hybridized carbons (Fsp3) is 0.714. The SMILES string of the molecule is C/C=C(\NC)NC(C)C.